The van der Waals surface area contributed by atoms with E-state index in [4.69, 9.17) is 18.6 Å². The molecule has 1 saturated heterocycles. The van der Waals surface area contributed by atoms with Crippen LogP contribution in [0.1, 0.15) is 141 Å². The molecule has 0 atom stereocenters. The molecule has 1 aliphatic heterocycles. The molecule has 3 rings (SSSR count). The zero-order valence-electron chi connectivity index (χ0n) is 20.7. The first-order valence-corrected chi connectivity index (χ1v) is 16.6. The van der Waals surface area contributed by atoms with Crippen LogP contribution in [-0.2, 0) is 18.6 Å². The minimum Gasteiger partial charge on any atom is -0.363 e. The van der Waals surface area contributed by atoms with Crippen molar-refractivity contribution in [2.75, 3.05) is 0 Å². The van der Waals surface area contributed by atoms with Gasteiger partial charge in [-0.15, -0.1) is 0 Å². The first kappa shape index (κ1) is 25.7. The van der Waals surface area contributed by atoms with Crippen LogP contribution in [0.5, 0.6) is 0 Å². The fourth-order valence-electron chi connectivity index (χ4n) is 5.78. The van der Waals surface area contributed by atoms with E-state index in [1.165, 1.54) is 89.9 Å². The summed E-state index contributed by atoms with van der Waals surface area (Å²) in [5.41, 5.74) is 0. The van der Waals surface area contributed by atoms with Gasteiger partial charge in [-0.1, -0.05) is 89.9 Å². The van der Waals surface area contributed by atoms with E-state index in [0.29, 0.717) is 0 Å². The number of hydrogen-bond donors (Lipinski definition) is 0. The molecule has 5 heteroatoms. The second kappa shape index (κ2) is 13.1. The molecule has 0 N–H and O–H groups in total. The van der Waals surface area contributed by atoms with Gasteiger partial charge in [-0.3, -0.25) is 0 Å². The second-order valence-corrected chi connectivity index (χ2v) is 14.2. The summed E-state index contributed by atoms with van der Waals surface area (Å²) in [5, 5.41) is 0. The van der Waals surface area contributed by atoms with Crippen molar-refractivity contribution in [1.82, 2.24) is 0 Å². The SMILES string of the molecule is C[Si]1(C)OC2(CCCCCCCCCCC2)OOC2(CCCCCCCCCCC2)O1. The fraction of sp³-hybridized carbons (Fsp3) is 1.00. The van der Waals surface area contributed by atoms with E-state index in [1.807, 2.05) is 0 Å². The van der Waals surface area contributed by atoms with Crippen molar-refractivity contribution in [3.8, 4) is 0 Å². The zero-order valence-corrected chi connectivity index (χ0v) is 21.7. The van der Waals surface area contributed by atoms with Crippen LogP contribution in [-0.4, -0.2) is 20.1 Å². The van der Waals surface area contributed by atoms with Crippen LogP contribution in [0, 0.1) is 0 Å². The molecule has 0 radical (unpaired) electrons. The zero-order chi connectivity index (χ0) is 21.9. The fourth-order valence-corrected chi connectivity index (χ4v) is 8.09. The molecule has 1 heterocycles. The summed E-state index contributed by atoms with van der Waals surface area (Å²) in [6, 6.07) is 0. The van der Waals surface area contributed by atoms with Crippen LogP contribution in [0.2, 0.25) is 13.1 Å². The molecule has 0 unspecified atom stereocenters. The van der Waals surface area contributed by atoms with Gasteiger partial charge in [0.2, 0.25) is 0 Å². The molecule has 0 bridgehead atoms. The Kier molecular flexibility index (Phi) is 10.8. The van der Waals surface area contributed by atoms with Gasteiger partial charge in [-0.05, 0) is 38.8 Å². The van der Waals surface area contributed by atoms with E-state index in [2.05, 4.69) is 13.1 Å². The minimum absolute atomic E-state index is 0.609. The number of hydrogen-bond acceptors (Lipinski definition) is 4. The third kappa shape index (κ3) is 9.08. The molecule has 2 aliphatic carbocycles. The van der Waals surface area contributed by atoms with E-state index in [1.54, 1.807) is 0 Å². The Hall–Kier alpha value is 0.0569. The van der Waals surface area contributed by atoms with Crippen molar-refractivity contribution in [2.45, 2.75) is 166 Å². The van der Waals surface area contributed by atoms with Crippen LogP contribution >= 0.6 is 0 Å². The highest BCUT2D eigenvalue weighted by Crippen LogP contribution is 2.42. The van der Waals surface area contributed by atoms with E-state index in [0.717, 1.165) is 51.4 Å². The minimum atomic E-state index is -2.39. The monoisotopic (exact) mass is 454 g/mol. The average Bonchev–Trinajstić information content (AvgIpc) is 2.82. The molecule has 3 fully saturated rings. The average molecular weight is 455 g/mol. The maximum Gasteiger partial charge on any atom is 0.336 e. The molecular formula is C26H50O4Si. The maximum atomic E-state index is 6.80. The molecule has 4 nitrogen and oxygen atoms in total. The quantitative estimate of drug-likeness (QED) is 0.271. The Bertz CT molecular complexity index is 430. The second-order valence-electron chi connectivity index (χ2n) is 11.0. The van der Waals surface area contributed by atoms with Crippen LogP contribution < -0.4 is 0 Å². The van der Waals surface area contributed by atoms with E-state index in [9.17, 15) is 0 Å². The normalized spacial score (nSPS) is 29.6. The summed E-state index contributed by atoms with van der Waals surface area (Å²) >= 11 is 0. The molecule has 2 saturated carbocycles. The van der Waals surface area contributed by atoms with Crippen molar-refractivity contribution in [1.29, 1.82) is 0 Å². The molecular weight excluding hydrogens is 404 g/mol. The van der Waals surface area contributed by atoms with Crippen molar-refractivity contribution < 1.29 is 18.6 Å². The highest BCUT2D eigenvalue weighted by atomic mass is 28.4. The van der Waals surface area contributed by atoms with Gasteiger partial charge in [0.1, 0.15) is 0 Å². The lowest BCUT2D eigenvalue weighted by atomic mass is 9.97. The number of rotatable bonds is 0. The first-order chi connectivity index (χ1) is 15.0. The van der Waals surface area contributed by atoms with Gasteiger partial charge < -0.3 is 8.85 Å². The van der Waals surface area contributed by atoms with Gasteiger partial charge in [0, 0.05) is 25.7 Å². The van der Waals surface area contributed by atoms with Crippen molar-refractivity contribution in [3.63, 3.8) is 0 Å². The molecule has 0 aromatic heterocycles. The first-order valence-electron chi connectivity index (χ1n) is 13.8. The lowest BCUT2D eigenvalue weighted by Gasteiger charge is -2.35. The third-order valence-electron chi connectivity index (χ3n) is 7.44. The van der Waals surface area contributed by atoms with E-state index in [-0.39, 0.29) is 0 Å². The standard InChI is InChI=1S/C26H50O4Si/c1-31(2)29-25(21-17-13-9-5-3-6-10-14-18-22-25)27-28-26(30-31)23-19-15-11-7-4-8-12-16-20-24-26/h3-24H2,1-2H3. The molecule has 0 amide bonds. The van der Waals surface area contributed by atoms with Crippen LogP contribution in [0.4, 0.5) is 0 Å². The summed E-state index contributed by atoms with van der Waals surface area (Å²) < 4.78 is 13.6. The van der Waals surface area contributed by atoms with Crippen molar-refractivity contribution >= 4 is 8.56 Å². The predicted molar refractivity (Wildman–Crippen MR) is 129 cm³/mol. The molecule has 182 valence electrons. The Morgan fingerprint density at radius 1 is 0.387 bits per heavy atom. The van der Waals surface area contributed by atoms with Gasteiger partial charge in [-0.25, -0.2) is 0 Å². The van der Waals surface area contributed by atoms with E-state index >= 15 is 0 Å². The molecule has 3 aliphatic rings. The topological polar surface area (TPSA) is 36.9 Å². The smallest absolute Gasteiger partial charge is 0.336 e. The lowest BCUT2D eigenvalue weighted by molar-refractivity contribution is -0.472. The van der Waals surface area contributed by atoms with Crippen LogP contribution in [0.15, 0.2) is 0 Å². The molecule has 0 aromatic rings. The molecule has 0 aromatic carbocycles. The summed E-state index contributed by atoms with van der Waals surface area (Å²) in [6.07, 6.45) is 27.0. The van der Waals surface area contributed by atoms with Gasteiger partial charge in [0.25, 0.3) is 0 Å². The Morgan fingerprint density at radius 2 is 0.613 bits per heavy atom. The Morgan fingerprint density at radius 3 is 0.871 bits per heavy atom. The molecule has 2 spiro atoms. The Balaban J connectivity index is 1.71. The van der Waals surface area contributed by atoms with Gasteiger partial charge in [0.05, 0.1) is 0 Å². The highest BCUT2D eigenvalue weighted by Gasteiger charge is 2.51. The van der Waals surface area contributed by atoms with Crippen LogP contribution in [0.3, 0.4) is 0 Å². The largest absolute Gasteiger partial charge is 0.363 e. The summed E-state index contributed by atoms with van der Waals surface area (Å²) in [4.78, 5) is 12.8. The maximum absolute atomic E-state index is 6.80. The third-order valence-corrected chi connectivity index (χ3v) is 9.17. The van der Waals surface area contributed by atoms with Crippen LogP contribution in [0.25, 0.3) is 0 Å². The highest BCUT2D eigenvalue weighted by molar-refractivity contribution is 6.64. The van der Waals surface area contributed by atoms with Gasteiger partial charge in [-0.2, -0.15) is 9.78 Å². The van der Waals surface area contributed by atoms with Gasteiger partial charge >= 0.3 is 8.56 Å². The summed E-state index contributed by atoms with van der Waals surface area (Å²) in [5.74, 6) is -1.22. The predicted octanol–water partition coefficient (Wildman–Crippen LogP) is 8.69. The van der Waals surface area contributed by atoms with Crippen molar-refractivity contribution in [2.24, 2.45) is 0 Å². The van der Waals surface area contributed by atoms with E-state index < -0.39 is 20.1 Å². The lowest BCUT2D eigenvalue weighted by Crippen LogP contribution is -2.48. The molecule has 31 heavy (non-hydrogen) atoms. The van der Waals surface area contributed by atoms with Gasteiger partial charge in [0.15, 0.2) is 11.6 Å². The Labute approximate surface area is 193 Å². The van der Waals surface area contributed by atoms with Crippen molar-refractivity contribution in [3.05, 3.63) is 0 Å². The summed E-state index contributed by atoms with van der Waals surface area (Å²) in [6.45, 7) is 4.42. The summed E-state index contributed by atoms with van der Waals surface area (Å²) in [7, 11) is -2.39.